The van der Waals surface area contributed by atoms with Crippen molar-refractivity contribution in [1.29, 1.82) is 0 Å². The average Bonchev–Trinajstić information content (AvgIpc) is 2.76. The van der Waals surface area contributed by atoms with Crippen molar-refractivity contribution in [3.05, 3.63) is 23.8 Å². The van der Waals surface area contributed by atoms with Crippen molar-refractivity contribution in [3.63, 3.8) is 0 Å². The number of anilines is 1. The molecular formula is C16H25N3O. The van der Waals surface area contributed by atoms with E-state index in [-0.39, 0.29) is 0 Å². The number of rotatable bonds is 6. The van der Waals surface area contributed by atoms with Crippen molar-refractivity contribution >= 4 is 16.7 Å². The maximum Gasteiger partial charge on any atom is 0.119 e. The summed E-state index contributed by atoms with van der Waals surface area (Å²) in [5.41, 5.74) is 8.31. The monoisotopic (exact) mass is 275 g/mol. The molecule has 0 bridgehead atoms. The summed E-state index contributed by atoms with van der Waals surface area (Å²) in [4.78, 5) is 5.49. The maximum absolute atomic E-state index is 5.89. The Bertz CT molecular complexity index is 574. The van der Waals surface area contributed by atoms with Crippen molar-refractivity contribution in [2.45, 2.75) is 25.7 Å². The number of benzene rings is 1. The Hall–Kier alpha value is -1.68. The minimum absolute atomic E-state index is 0.477. The molecule has 3 N–H and O–H groups in total. The van der Waals surface area contributed by atoms with Crippen LogP contribution in [0.15, 0.2) is 18.2 Å². The lowest BCUT2D eigenvalue weighted by molar-refractivity contribution is 0.387. The average molecular weight is 275 g/mol. The van der Waals surface area contributed by atoms with E-state index in [9.17, 15) is 0 Å². The Morgan fingerprint density at radius 3 is 2.70 bits per heavy atom. The predicted octanol–water partition coefficient (Wildman–Crippen LogP) is 3.20. The molecule has 4 heteroatoms. The Labute approximate surface area is 120 Å². The molecule has 1 unspecified atom stereocenters. The lowest BCUT2D eigenvalue weighted by atomic mass is 9.94. The highest BCUT2D eigenvalue weighted by Gasteiger charge is 2.13. The molecule has 0 aliphatic carbocycles. The zero-order valence-electron chi connectivity index (χ0n) is 12.9. The van der Waals surface area contributed by atoms with E-state index in [0.29, 0.717) is 11.7 Å². The van der Waals surface area contributed by atoms with E-state index in [1.54, 1.807) is 7.11 Å². The first kappa shape index (κ1) is 14.7. The highest BCUT2D eigenvalue weighted by Crippen LogP contribution is 2.33. The van der Waals surface area contributed by atoms with Crippen molar-refractivity contribution in [3.8, 4) is 5.75 Å². The van der Waals surface area contributed by atoms with Gasteiger partial charge in [-0.25, -0.2) is 0 Å². The zero-order valence-corrected chi connectivity index (χ0v) is 12.9. The molecule has 1 aromatic heterocycles. The lowest BCUT2D eigenvalue weighted by Crippen LogP contribution is -2.13. The number of aromatic nitrogens is 1. The number of ether oxygens (including phenoxy) is 1. The Morgan fingerprint density at radius 1 is 1.30 bits per heavy atom. The summed E-state index contributed by atoms with van der Waals surface area (Å²) < 4.78 is 5.40. The van der Waals surface area contributed by atoms with Crippen LogP contribution >= 0.6 is 0 Å². The van der Waals surface area contributed by atoms with Crippen molar-refractivity contribution < 1.29 is 4.74 Å². The molecule has 0 radical (unpaired) electrons. The quantitative estimate of drug-likeness (QED) is 0.851. The number of hydrogen-bond donors (Lipinski definition) is 2. The van der Waals surface area contributed by atoms with Crippen LogP contribution in [0.25, 0.3) is 10.9 Å². The van der Waals surface area contributed by atoms with Crippen LogP contribution in [0.1, 0.15) is 31.2 Å². The number of nitrogens with one attached hydrogen (secondary N) is 1. The number of methoxy groups -OCH3 is 1. The van der Waals surface area contributed by atoms with Crippen LogP contribution in [0, 0.1) is 0 Å². The molecular weight excluding hydrogens is 250 g/mol. The summed E-state index contributed by atoms with van der Waals surface area (Å²) in [6.07, 6.45) is 2.34. The zero-order chi connectivity index (χ0) is 14.7. The molecule has 2 aromatic rings. The lowest BCUT2D eigenvalue weighted by Gasteiger charge is -2.16. The minimum atomic E-state index is 0.477. The van der Waals surface area contributed by atoms with Crippen LogP contribution in [0.3, 0.4) is 0 Å². The second-order valence-corrected chi connectivity index (χ2v) is 5.75. The van der Waals surface area contributed by atoms with E-state index >= 15 is 0 Å². The normalized spacial score (nSPS) is 13.1. The van der Waals surface area contributed by atoms with E-state index < -0.39 is 0 Å². The van der Waals surface area contributed by atoms with Gasteiger partial charge in [0.05, 0.1) is 12.6 Å². The molecule has 0 fully saturated rings. The maximum atomic E-state index is 5.89. The third-order valence-corrected chi connectivity index (χ3v) is 3.76. The highest BCUT2D eigenvalue weighted by molar-refractivity contribution is 5.88. The summed E-state index contributed by atoms with van der Waals surface area (Å²) in [6, 6.07) is 6.12. The Morgan fingerprint density at radius 2 is 2.05 bits per heavy atom. The van der Waals surface area contributed by atoms with Crippen LogP contribution < -0.4 is 10.5 Å². The second-order valence-electron chi connectivity index (χ2n) is 5.75. The van der Waals surface area contributed by atoms with E-state index in [4.69, 9.17) is 10.5 Å². The van der Waals surface area contributed by atoms with Crippen LogP contribution in [0.4, 0.5) is 5.82 Å². The fourth-order valence-electron chi connectivity index (χ4n) is 2.64. The first-order chi connectivity index (χ1) is 9.51. The van der Waals surface area contributed by atoms with Crippen LogP contribution in [0.2, 0.25) is 0 Å². The minimum Gasteiger partial charge on any atom is -0.497 e. The van der Waals surface area contributed by atoms with Gasteiger partial charge in [0.25, 0.3) is 0 Å². The highest BCUT2D eigenvalue weighted by atomic mass is 16.5. The summed E-state index contributed by atoms with van der Waals surface area (Å²) in [5.74, 6) is 2.08. The van der Waals surface area contributed by atoms with Gasteiger partial charge in [-0.15, -0.1) is 0 Å². The van der Waals surface area contributed by atoms with Crippen LogP contribution in [-0.4, -0.2) is 37.6 Å². The summed E-state index contributed by atoms with van der Waals surface area (Å²) >= 11 is 0. The molecule has 0 saturated heterocycles. The fraction of sp³-hybridized carbons (Fsp3) is 0.500. The molecule has 1 aromatic carbocycles. The van der Waals surface area contributed by atoms with Crippen molar-refractivity contribution in [1.82, 2.24) is 9.88 Å². The number of hydrogen-bond acceptors (Lipinski definition) is 3. The van der Waals surface area contributed by atoms with E-state index in [1.807, 2.05) is 12.1 Å². The van der Waals surface area contributed by atoms with Gasteiger partial charge in [0.2, 0.25) is 0 Å². The van der Waals surface area contributed by atoms with Gasteiger partial charge in [-0.1, -0.05) is 6.92 Å². The van der Waals surface area contributed by atoms with Gasteiger partial charge in [0.15, 0.2) is 0 Å². The first-order valence-electron chi connectivity index (χ1n) is 7.12. The molecule has 4 nitrogen and oxygen atoms in total. The van der Waals surface area contributed by atoms with Gasteiger partial charge < -0.3 is 20.4 Å². The number of fused-ring (bicyclic) bond motifs is 1. The van der Waals surface area contributed by atoms with Gasteiger partial charge in [0.1, 0.15) is 11.6 Å². The predicted molar refractivity (Wildman–Crippen MR) is 85.5 cm³/mol. The molecule has 2 rings (SSSR count). The summed E-state index contributed by atoms with van der Waals surface area (Å²) in [5, 5.41) is 1.12. The van der Waals surface area contributed by atoms with E-state index in [1.165, 1.54) is 12.0 Å². The smallest absolute Gasteiger partial charge is 0.119 e. The van der Waals surface area contributed by atoms with Gasteiger partial charge in [0, 0.05) is 5.39 Å². The molecule has 0 aliphatic heterocycles. The SMILES string of the molecule is COc1cc(C(C)CCCN(C)C)c2[nH]c(N)cc2c1. The topological polar surface area (TPSA) is 54.3 Å². The van der Waals surface area contributed by atoms with Crippen molar-refractivity contribution in [2.75, 3.05) is 33.5 Å². The third kappa shape index (κ3) is 3.25. The Kier molecular flexibility index (Phi) is 4.55. The standard InChI is InChI=1S/C16H25N3O/c1-11(6-5-7-19(2)3)14-10-13(20-4)8-12-9-15(17)18-16(12)14/h8-11,18H,5-7,17H2,1-4H3. The fourth-order valence-corrected chi connectivity index (χ4v) is 2.64. The molecule has 110 valence electrons. The largest absolute Gasteiger partial charge is 0.497 e. The number of H-pyrrole nitrogens is 1. The molecule has 20 heavy (non-hydrogen) atoms. The molecule has 0 aliphatic rings. The molecule has 1 atom stereocenters. The first-order valence-corrected chi connectivity index (χ1v) is 7.12. The van der Waals surface area contributed by atoms with Gasteiger partial charge in [-0.05, 0) is 63.2 Å². The third-order valence-electron chi connectivity index (χ3n) is 3.76. The van der Waals surface area contributed by atoms with E-state index in [2.05, 4.69) is 37.0 Å². The molecule has 0 amide bonds. The molecule has 0 saturated carbocycles. The van der Waals surface area contributed by atoms with E-state index in [0.717, 1.165) is 29.6 Å². The van der Waals surface area contributed by atoms with Crippen molar-refractivity contribution in [2.24, 2.45) is 0 Å². The summed E-state index contributed by atoms with van der Waals surface area (Å²) in [6.45, 7) is 3.38. The van der Waals surface area contributed by atoms with Gasteiger partial charge in [-0.2, -0.15) is 0 Å². The number of nitrogens with two attached hydrogens (primary N) is 1. The Balaban J connectivity index is 2.26. The molecule has 1 heterocycles. The van der Waals surface area contributed by atoms with Gasteiger partial charge in [-0.3, -0.25) is 0 Å². The summed E-state index contributed by atoms with van der Waals surface area (Å²) in [7, 11) is 5.93. The number of aromatic amines is 1. The van der Waals surface area contributed by atoms with Gasteiger partial charge >= 0.3 is 0 Å². The van der Waals surface area contributed by atoms with Crippen LogP contribution in [0.5, 0.6) is 5.75 Å². The van der Waals surface area contributed by atoms with Crippen LogP contribution in [-0.2, 0) is 0 Å². The molecule has 0 spiro atoms. The second kappa shape index (κ2) is 6.18. The number of nitrogen functional groups attached to an aromatic ring is 1. The number of nitrogens with zero attached hydrogens (tertiary/aromatic N) is 1.